The smallest absolute Gasteiger partial charge is 0.166 e. The summed E-state index contributed by atoms with van der Waals surface area (Å²) in [4.78, 5) is 10.8. The van der Waals surface area contributed by atoms with Crippen LogP contribution in [0.3, 0.4) is 0 Å². The fourth-order valence-electron chi connectivity index (χ4n) is 1.67. The number of carbonyl (C=O) groups excluding carboxylic acids is 1. The number of carbonyl (C=O) groups is 1. The number of nitrogens with zero attached hydrogens (tertiary/aromatic N) is 1. The van der Waals surface area contributed by atoms with Crippen LogP contribution in [0.5, 0.6) is 5.75 Å². The average molecular weight is 224 g/mol. The summed E-state index contributed by atoms with van der Waals surface area (Å²) in [5.41, 5.74) is 1.44. The number of methoxy groups -OCH3 is 1. The summed E-state index contributed by atoms with van der Waals surface area (Å²) in [5.74, 6) is 0.690. The number of aldehydes is 1. The average Bonchev–Trinajstić information content (AvgIpc) is 2.55. The molecule has 15 heavy (non-hydrogen) atoms. The van der Waals surface area contributed by atoms with Crippen molar-refractivity contribution in [3.05, 3.63) is 28.9 Å². The van der Waals surface area contributed by atoms with Crippen LogP contribution < -0.4 is 4.74 Å². The van der Waals surface area contributed by atoms with Crippen LogP contribution in [-0.4, -0.2) is 18.0 Å². The second-order valence-electron chi connectivity index (χ2n) is 3.29. The molecule has 0 fully saturated rings. The molecule has 0 radical (unpaired) electrons. The minimum Gasteiger partial charge on any atom is -0.497 e. The van der Waals surface area contributed by atoms with E-state index in [1.165, 1.54) is 0 Å². The molecular formula is C11H10ClNO2. The van der Waals surface area contributed by atoms with Crippen molar-refractivity contribution in [1.29, 1.82) is 0 Å². The van der Waals surface area contributed by atoms with Gasteiger partial charge in [-0.2, -0.15) is 0 Å². The van der Waals surface area contributed by atoms with Crippen LogP contribution in [0.25, 0.3) is 10.9 Å². The van der Waals surface area contributed by atoms with Gasteiger partial charge in [-0.05, 0) is 12.1 Å². The Morgan fingerprint density at radius 3 is 2.73 bits per heavy atom. The molecule has 0 unspecified atom stereocenters. The van der Waals surface area contributed by atoms with E-state index in [9.17, 15) is 4.79 Å². The highest BCUT2D eigenvalue weighted by Crippen LogP contribution is 2.30. The summed E-state index contributed by atoms with van der Waals surface area (Å²) < 4.78 is 6.87. The molecule has 0 aliphatic heterocycles. The van der Waals surface area contributed by atoms with Crippen LogP contribution in [0.4, 0.5) is 0 Å². The van der Waals surface area contributed by atoms with E-state index >= 15 is 0 Å². The lowest BCUT2D eigenvalue weighted by atomic mass is 10.2. The molecule has 0 N–H and O–H groups in total. The first kappa shape index (κ1) is 10.1. The Kier molecular flexibility index (Phi) is 2.40. The zero-order chi connectivity index (χ0) is 11.0. The van der Waals surface area contributed by atoms with Crippen molar-refractivity contribution in [1.82, 2.24) is 4.57 Å². The number of aromatic nitrogens is 1. The zero-order valence-corrected chi connectivity index (χ0v) is 9.21. The van der Waals surface area contributed by atoms with Gasteiger partial charge in [-0.25, -0.2) is 0 Å². The van der Waals surface area contributed by atoms with Gasteiger partial charge < -0.3 is 9.30 Å². The van der Waals surface area contributed by atoms with E-state index in [0.717, 1.165) is 17.2 Å². The van der Waals surface area contributed by atoms with Crippen molar-refractivity contribution in [2.45, 2.75) is 0 Å². The Bertz CT molecular complexity index is 531. The molecule has 0 amide bonds. The summed E-state index contributed by atoms with van der Waals surface area (Å²) in [6.07, 6.45) is 0.808. The van der Waals surface area contributed by atoms with Crippen LogP contribution >= 0.6 is 11.6 Å². The van der Waals surface area contributed by atoms with Crippen LogP contribution in [0.2, 0.25) is 5.02 Å². The second-order valence-corrected chi connectivity index (χ2v) is 3.70. The van der Waals surface area contributed by atoms with Crippen molar-refractivity contribution in [2.75, 3.05) is 7.11 Å². The summed E-state index contributed by atoms with van der Waals surface area (Å²) in [6.45, 7) is 0. The third kappa shape index (κ3) is 1.49. The van der Waals surface area contributed by atoms with Gasteiger partial charge in [-0.3, -0.25) is 4.79 Å². The first-order valence-electron chi connectivity index (χ1n) is 4.45. The number of hydrogen-bond donors (Lipinski definition) is 0. The molecule has 0 aliphatic rings. The van der Waals surface area contributed by atoms with Crippen LogP contribution in [0.15, 0.2) is 18.2 Å². The third-order valence-electron chi connectivity index (χ3n) is 2.45. The van der Waals surface area contributed by atoms with Gasteiger partial charge in [0.15, 0.2) is 6.29 Å². The summed E-state index contributed by atoms with van der Waals surface area (Å²) in [6, 6.07) is 5.38. The Morgan fingerprint density at radius 2 is 2.13 bits per heavy atom. The normalized spacial score (nSPS) is 10.6. The van der Waals surface area contributed by atoms with Gasteiger partial charge in [-0.1, -0.05) is 11.6 Å². The quantitative estimate of drug-likeness (QED) is 0.733. The fourth-order valence-corrected chi connectivity index (χ4v) is 2.02. The van der Waals surface area contributed by atoms with Crippen LogP contribution in [0, 0.1) is 0 Å². The van der Waals surface area contributed by atoms with E-state index in [4.69, 9.17) is 16.3 Å². The molecule has 1 heterocycles. The van der Waals surface area contributed by atoms with Crippen molar-refractivity contribution in [3.63, 3.8) is 0 Å². The maximum Gasteiger partial charge on any atom is 0.166 e. The Labute approximate surface area is 92.2 Å². The minimum absolute atomic E-state index is 0.583. The first-order chi connectivity index (χ1) is 7.17. The monoisotopic (exact) mass is 223 g/mol. The van der Waals surface area contributed by atoms with Gasteiger partial charge in [0.05, 0.1) is 23.3 Å². The van der Waals surface area contributed by atoms with Crippen molar-refractivity contribution < 1.29 is 9.53 Å². The van der Waals surface area contributed by atoms with Crippen LogP contribution in [0.1, 0.15) is 10.5 Å². The molecular weight excluding hydrogens is 214 g/mol. The Morgan fingerprint density at radius 1 is 1.40 bits per heavy atom. The highest BCUT2D eigenvalue weighted by atomic mass is 35.5. The highest BCUT2D eigenvalue weighted by molar-refractivity contribution is 6.35. The van der Waals surface area contributed by atoms with Crippen molar-refractivity contribution in [3.8, 4) is 5.75 Å². The van der Waals surface area contributed by atoms with E-state index in [-0.39, 0.29) is 0 Å². The van der Waals surface area contributed by atoms with Crippen molar-refractivity contribution >= 4 is 28.8 Å². The van der Waals surface area contributed by atoms with E-state index in [1.807, 2.05) is 13.1 Å². The summed E-state index contributed by atoms with van der Waals surface area (Å²) in [7, 11) is 3.39. The first-order valence-corrected chi connectivity index (χ1v) is 4.83. The van der Waals surface area contributed by atoms with Crippen LogP contribution in [-0.2, 0) is 7.05 Å². The van der Waals surface area contributed by atoms with Gasteiger partial charge in [0.1, 0.15) is 5.75 Å². The Hall–Kier alpha value is -1.48. The lowest BCUT2D eigenvalue weighted by Crippen LogP contribution is -1.93. The molecule has 78 valence electrons. The van der Waals surface area contributed by atoms with E-state index in [0.29, 0.717) is 16.5 Å². The summed E-state index contributed by atoms with van der Waals surface area (Å²) >= 11 is 6.10. The van der Waals surface area contributed by atoms with Gasteiger partial charge in [0.2, 0.25) is 0 Å². The molecule has 0 spiro atoms. The molecule has 0 atom stereocenters. The molecule has 0 bridgehead atoms. The third-order valence-corrected chi connectivity index (χ3v) is 2.74. The zero-order valence-electron chi connectivity index (χ0n) is 8.45. The molecule has 0 aliphatic carbocycles. The molecule has 0 saturated carbocycles. The standard InChI is InChI=1S/C11H10ClNO2/c1-13-8(6-14)3-7-4-9(15-2)5-10(12)11(7)13/h3-6H,1-2H3. The summed E-state index contributed by atoms with van der Waals surface area (Å²) in [5, 5.41) is 1.49. The van der Waals surface area contributed by atoms with Gasteiger partial charge in [-0.15, -0.1) is 0 Å². The van der Waals surface area contributed by atoms with E-state index in [1.54, 1.807) is 23.8 Å². The van der Waals surface area contributed by atoms with Crippen molar-refractivity contribution in [2.24, 2.45) is 7.05 Å². The molecule has 3 nitrogen and oxygen atoms in total. The SMILES string of the molecule is COc1cc(Cl)c2c(c1)cc(C=O)n2C. The van der Waals surface area contributed by atoms with E-state index < -0.39 is 0 Å². The lowest BCUT2D eigenvalue weighted by molar-refractivity contribution is 0.111. The minimum atomic E-state index is 0.583. The van der Waals surface area contributed by atoms with Gasteiger partial charge >= 0.3 is 0 Å². The van der Waals surface area contributed by atoms with E-state index in [2.05, 4.69) is 0 Å². The molecule has 4 heteroatoms. The number of aryl methyl sites for hydroxylation is 1. The van der Waals surface area contributed by atoms with Gasteiger partial charge in [0.25, 0.3) is 0 Å². The molecule has 2 aromatic rings. The number of fused-ring (bicyclic) bond motifs is 1. The highest BCUT2D eigenvalue weighted by Gasteiger charge is 2.10. The molecule has 1 aromatic heterocycles. The second kappa shape index (κ2) is 3.59. The molecule has 1 aromatic carbocycles. The fraction of sp³-hybridized carbons (Fsp3) is 0.182. The molecule has 2 rings (SSSR count). The number of hydrogen-bond acceptors (Lipinski definition) is 2. The topological polar surface area (TPSA) is 31.2 Å². The number of rotatable bonds is 2. The largest absolute Gasteiger partial charge is 0.497 e. The Balaban J connectivity index is 2.82. The number of benzene rings is 1. The lowest BCUT2D eigenvalue weighted by Gasteiger charge is -2.03. The molecule has 0 saturated heterocycles. The predicted octanol–water partition coefficient (Wildman–Crippen LogP) is 2.65. The maximum atomic E-state index is 10.8. The maximum absolute atomic E-state index is 10.8. The number of halogens is 1. The number of ether oxygens (including phenoxy) is 1. The predicted molar refractivity (Wildman–Crippen MR) is 59.9 cm³/mol. The van der Waals surface area contributed by atoms with Gasteiger partial charge in [0, 0.05) is 18.5 Å².